The molecule has 108 valence electrons. The third-order valence-corrected chi connectivity index (χ3v) is 2.76. The normalized spacial score (nSPS) is 11.5. The van der Waals surface area contributed by atoms with Gasteiger partial charge < -0.3 is 5.11 Å². The number of rotatable bonds is 5. The molecule has 20 heavy (non-hydrogen) atoms. The Morgan fingerprint density at radius 1 is 1.20 bits per heavy atom. The number of hydrazine groups is 1. The predicted molar refractivity (Wildman–Crippen MR) is 72.5 cm³/mol. The lowest BCUT2D eigenvalue weighted by atomic mass is 10.0. The average Bonchev–Trinajstić information content (AvgIpc) is 2.38. The fourth-order valence-corrected chi connectivity index (χ4v) is 1.86. The second-order valence-corrected chi connectivity index (χ2v) is 4.44. The van der Waals surface area contributed by atoms with Crippen LogP contribution in [0.25, 0.3) is 0 Å². The number of carbonyl (C=O) groups excluding carboxylic acids is 2. The minimum absolute atomic E-state index is 0.221. The minimum Gasteiger partial charge on any atom is -0.480 e. The number of amides is 2. The summed E-state index contributed by atoms with van der Waals surface area (Å²) in [5.41, 5.74) is 3.24. The van der Waals surface area contributed by atoms with Crippen LogP contribution in [-0.2, 0) is 20.8 Å². The molecule has 0 aliphatic rings. The monoisotopic (exact) mass is 278 g/mol. The summed E-state index contributed by atoms with van der Waals surface area (Å²) in [7, 11) is 0. The summed E-state index contributed by atoms with van der Waals surface area (Å²) in [5.74, 6) is -2.14. The molecule has 0 radical (unpaired) electrons. The summed E-state index contributed by atoms with van der Waals surface area (Å²) in [4.78, 5) is 33.8. The summed E-state index contributed by atoms with van der Waals surface area (Å²) >= 11 is 0. The Balaban J connectivity index is 2.78. The Morgan fingerprint density at radius 2 is 1.80 bits per heavy atom. The van der Waals surface area contributed by atoms with Crippen molar-refractivity contribution in [2.24, 2.45) is 0 Å². The van der Waals surface area contributed by atoms with Gasteiger partial charge in [0.1, 0.15) is 0 Å². The van der Waals surface area contributed by atoms with Gasteiger partial charge in [0.05, 0.1) is 0 Å². The van der Waals surface area contributed by atoms with Gasteiger partial charge in [0.2, 0.25) is 11.8 Å². The number of hydrogen-bond donors (Lipinski definition) is 2. The summed E-state index contributed by atoms with van der Waals surface area (Å²) in [6, 6.07) is 8.28. The van der Waals surface area contributed by atoms with Gasteiger partial charge in [-0.05, 0) is 18.4 Å². The molecule has 2 N–H and O–H groups in total. The van der Waals surface area contributed by atoms with E-state index >= 15 is 0 Å². The lowest BCUT2D eigenvalue weighted by Gasteiger charge is -2.27. The van der Waals surface area contributed by atoms with Crippen LogP contribution in [0, 0.1) is 0 Å². The van der Waals surface area contributed by atoms with Crippen molar-refractivity contribution in [3.8, 4) is 0 Å². The predicted octanol–water partition coefficient (Wildman–Crippen LogP) is 0.972. The second-order valence-electron chi connectivity index (χ2n) is 4.44. The third-order valence-electron chi connectivity index (χ3n) is 2.76. The first-order valence-corrected chi connectivity index (χ1v) is 6.25. The maximum atomic E-state index is 11.5. The Bertz CT molecular complexity index is 487. The van der Waals surface area contributed by atoms with Gasteiger partial charge in [0.15, 0.2) is 6.04 Å². The van der Waals surface area contributed by atoms with E-state index in [2.05, 4.69) is 5.43 Å². The Hall–Kier alpha value is -2.37. The van der Waals surface area contributed by atoms with Crippen molar-refractivity contribution in [1.29, 1.82) is 0 Å². The van der Waals surface area contributed by atoms with Crippen LogP contribution in [0.15, 0.2) is 30.3 Å². The van der Waals surface area contributed by atoms with Gasteiger partial charge in [-0.2, -0.15) is 0 Å². The zero-order chi connectivity index (χ0) is 15.1. The van der Waals surface area contributed by atoms with Gasteiger partial charge in [-0.25, -0.2) is 9.80 Å². The van der Waals surface area contributed by atoms with Crippen molar-refractivity contribution in [2.75, 3.05) is 0 Å². The fourth-order valence-electron chi connectivity index (χ4n) is 1.86. The third kappa shape index (κ3) is 4.72. The molecule has 1 rings (SSSR count). The Kier molecular flexibility index (Phi) is 5.71. The van der Waals surface area contributed by atoms with Gasteiger partial charge in [-0.1, -0.05) is 30.3 Å². The van der Waals surface area contributed by atoms with Crippen LogP contribution in [0.2, 0.25) is 0 Å². The quantitative estimate of drug-likeness (QED) is 0.786. The van der Waals surface area contributed by atoms with Crippen molar-refractivity contribution in [1.82, 2.24) is 10.4 Å². The van der Waals surface area contributed by atoms with Gasteiger partial charge in [-0.3, -0.25) is 15.0 Å². The molecule has 1 atom stereocenters. The molecule has 0 bridgehead atoms. The van der Waals surface area contributed by atoms with E-state index < -0.39 is 23.8 Å². The first-order valence-electron chi connectivity index (χ1n) is 6.25. The lowest BCUT2D eigenvalue weighted by molar-refractivity contribution is -0.155. The first-order chi connectivity index (χ1) is 9.41. The molecule has 0 aliphatic heterocycles. The van der Waals surface area contributed by atoms with Crippen molar-refractivity contribution in [3.05, 3.63) is 35.9 Å². The number of carbonyl (C=O) groups is 3. The number of benzene rings is 1. The molecular formula is C14H18N2O4. The van der Waals surface area contributed by atoms with E-state index in [0.717, 1.165) is 10.6 Å². The first kappa shape index (κ1) is 15.7. The molecule has 2 amide bonds. The van der Waals surface area contributed by atoms with Crippen LogP contribution in [-0.4, -0.2) is 33.9 Å². The number of nitrogens with zero attached hydrogens (tertiary/aromatic N) is 1. The molecule has 0 saturated carbocycles. The summed E-state index contributed by atoms with van der Waals surface area (Å²) in [5, 5.41) is 10.1. The highest BCUT2D eigenvalue weighted by Gasteiger charge is 2.28. The standard InChI is InChI=1S/C14H18N2O4/c1-10(17)15-16(11(2)18)13(14(19)20)9-8-12-6-4-3-5-7-12/h3-7,13H,8-9H2,1-2H3,(H,15,17)(H,19,20). The smallest absolute Gasteiger partial charge is 0.328 e. The van der Waals surface area contributed by atoms with Crippen LogP contribution in [0.3, 0.4) is 0 Å². The zero-order valence-electron chi connectivity index (χ0n) is 11.5. The number of aryl methyl sites for hydroxylation is 1. The number of hydrogen-bond acceptors (Lipinski definition) is 3. The number of nitrogens with one attached hydrogen (secondary N) is 1. The number of aliphatic carboxylic acids is 1. The van der Waals surface area contributed by atoms with Gasteiger partial charge >= 0.3 is 5.97 Å². The SMILES string of the molecule is CC(=O)NN(C(C)=O)C(CCc1ccccc1)C(=O)O. The average molecular weight is 278 g/mol. The largest absolute Gasteiger partial charge is 0.480 e. The topological polar surface area (TPSA) is 86.7 Å². The molecule has 0 aliphatic carbocycles. The molecule has 0 heterocycles. The number of carboxylic acids is 1. The molecule has 1 unspecified atom stereocenters. The van der Waals surface area contributed by atoms with Crippen LogP contribution in [0.4, 0.5) is 0 Å². The van der Waals surface area contributed by atoms with Crippen molar-refractivity contribution in [2.45, 2.75) is 32.7 Å². The maximum Gasteiger partial charge on any atom is 0.328 e. The van der Waals surface area contributed by atoms with E-state index in [1.807, 2.05) is 30.3 Å². The van der Waals surface area contributed by atoms with E-state index in [-0.39, 0.29) is 6.42 Å². The summed E-state index contributed by atoms with van der Waals surface area (Å²) < 4.78 is 0. The molecule has 1 aromatic carbocycles. The van der Waals surface area contributed by atoms with Crippen LogP contribution in [0.1, 0.15) is 25.8 Å². The van der Waals surface area contributed by atoms with Crippen LogP contribution < -0.4 is 5.43 Å². The summed E-state index contributed by atoms with van der Waals surface area (Å²) in [6.45, 7) is 2.44. The molecule has 0 aromatic heterocycles. The van der Waals surface area contributed by atoms with Crippen LogP contribution >= 0.6 is 0 Å². The van der Waals surface area contributed by atoms with Crippen molar-refractivity contribution < 1.29 is 19.5 Å². The van der Waals surface area contributed by atoms with Gasteiger partial charge in [0, 0.05) is 13.8 Å². The maximum absolute atomic E-state index is 11.5. The summed E-state index contributed by atoms with van der Waals surface area (Å²) in [6.07, 6.45) is 0.723. The Labute approximate surface area is 117 Å². The lowest BCUT2D eigenvalue weighted by Crippen LogP contribution is -2.53. The van der Waals surface area contributed by atoms with E-state index in [1.54, 1.807) is 0 Å². The molecule has 1 aromatic rings. The van der Waals surface area contributed by atoms with Crippen LogP contribution in [0.5, 0.6) is 0 Å². The zero-order valence-corrected chi connectivity index (χ0v) is 11.5. The molecular weight excluding hydrogens is 260 g/mol. The highest BCUT2D eigenvalue weighted by atomic mass is 16.4. The van der Waals surface area contributed by atoms with E-state index in [4.69, 9.17) is 0 Å². The molecule has 0 fully saturated rings. The molecule has 6 nitrogen and oxygen atoms in total. The van der Waals surface area contributed by atoms with Gasteiger partial charge in [-0.15, -0.1) is 0 Å². The highest BCUT2D eigenvalue weighted by molar-refractivity contribution is 5.85. The Morgan fingerprint density at radius 3 is 2.25 bits per heavy atom. The van der Waals surface area contributed by atoms with Gasteiger partial charge in [0.25, 0.3) is 0 Å². The second kappa shape index (κ2) is 7.28. The molecule has 0 saturated heterocycles. The minimum atomic E-state index is -1.15. The highest BCUT2D eigenvalue weighted by Crippen LogP contribution is 2.10. The van der Waals surface area contributed by atoms with Crippen molar-refractivity contribution >= 4 is 17.8 Å². The van der Waals surface area contributed by atoms with E-state index in [0.29, 0.717) is 6.42 Å². The molecule has 6 heteroatoms. The number of carboxylic acid groups (broad SMARTS) is 1. The van der Waals surface area contributed by atoms with Crippen molar-refractivity contribution in [3.63, 3.8) is 0 Å². The van der Waals surface area contributed by atoms with E-state index in [9.17, 15) is 19.5 Å². The van der Waals surface area contributed by atoms with E-state index in [1.165, 1.54) is 13.8 Å². The molecule has 0 spiro atoms. The fraction of sp³-hybridized carbons (Fsp3) is 0.357.